The Balaban J connectivity index is 2.11. The molecule has 6 heteroatoms. The average Bonchev–Trinajstić information content (AvgIpc) is 2.86. The van der Waals surface area contributed by atoms with E-state index in [0.29, 0.717) is 12.2 Å². The van der Waals surface area contributed by atoms with Gasteiger partial charge < -0.3 is 5.73 Å². The Hall–Kier alpha value is -2.21. The predicted molar refractivity (Wildman–Crippen MR) is 73.6 cm³/mol. The minimum absolute atomic E-state index is 0.306. The highest BCUT2D eigenvalue weighted by Gasteiger charge is 2.15. The molecule has 1 heterocycles. The number of aromatic nitrogens is 2. The summed E-state index contributed by atoms with van der Waals surface area (Å²) in [6.07, 6.45) is 3.49. The third kappa shape index (κ3) is 3.21. The molecule has 1 atom stereocenters. The van der Waals surface area contributed by atoms with E-state index in [9.17, 15) is 9.18 Å². The zero-order chi connectivity index (χ0) is 14.7. The summed E-state index contributed by atoms with van der Waals surface area (Å²) in [6, 6.07) is 5.85. The fourth-order valence-electron chi connectivity index (χ4n) is 1.84. The molecular weight excluding hydrogens is 259 g/mol. The molecule has 0 radical (unpaired) electrons. The topological polar surface area (TPSA) is 64.2 Å². The number of likely N-dealkylation sites (N-methyl/N-ethyl adjacent to an activating group) is 1. The molecule has 106 valence electrons. The summed E-state index contributed by atoms with van der Waals surface area (Å²) >= 11 is 0. The van der Waals surface area contributed by atoms with Crippen LogP contribution in [0.2, 0.25) is 0 Å². The van der Waals surface area contributed by atoms with Crippen molar-refractivity contribution in [3.8, 4) is 5.69 Å². The third-order valence-corrected chi connectivity index (χ3v) is 3.21. The molecule has 1 amide bonds. The highest BCUT2D eigenvalue weighted by molar-refractivity contribution is 5.79. The van der Waals surface area contributed by atoms with Crippen LogP contribution in [0, 0.1) is 5.82 Å². The third-order valence-electron chi connectivity index (χ3n) is 3.21. The monoisotopic (exact) mass is 276 g/mol. The van der Waals surface area contributed by atoms with Gasteiger partial charge in [0.2, 0.25) is 5.91 Å². The van der Waals surface area contributed by atoms with E-state index >= 15 is 0 Å². The number of primary amides is 1. The van der Waals surface area contributed by atoms with Gasteiger partial charge >= 0.3 is 0 Å². The maximum atomic E-state index is 13.2. The zero-order valence-corrected chi connectivity index (χ0v) is 11.5. The van der Waals surface area contributed by atoms with Gasteiger partial charge in [0.1, 0.15) is 5.82 Å². The standard InChI is InChI=1S/C14H17FN4O/c1-10(14(16)20)18(2)8-11-7-17-19(9-11)13-5-3-4-12(15)6-13/h3-7,9-10H,8H2,1-2H3,(H2,16,20)/t10-/m1/s1. The quantitative estimate of drug-likeness (QED) is 0.895. The van der Waals surface area contributed by atoms with E-state index in [4.69, 9.17) is 5.73 Å². The maximum absolute atomic E-state index is 13.2. The van der Waals surface area contributed by atoms with Crippen molar-refractivity contribution in [3.63, 3.8) is 0 Å². The van der Waals surface area contributed by atoms with Crippen LogP contribution in [0.15, 0.2) is 36.7 Å². The van der Waals surface area contributed by atoms with Crippen molar-refractivity contribution in [2.24, 2.45) is 5.73 Å². The molecule has 0 saturated heterocycles. The van der Waals surface area contributed by atoms with Gasteiger partial charge in [-0.3, -0.25) is 9.69 Å². The lowest BCUT2D eigenvalue weighted by Crippen LogP contribution is -2.39. The molecule has 0 fully saturated rings. The number of carbonyl (C=O) groups is 1. The number of hydrogen-bond acceptors (Lipinski definition) is 3. The number of nitrogens with zero attached hydrogens (tertiary/aromatic N) is 3. The van der Waals surface area contributed by atoms with Crippen LogP contribution in [0.5, 0.6) is 0 Å². The first kappa shape index (κ1) is 14.2. The van der Waals surface area contributed by atoms with Crippen molar-refractivity contribution < 1.29 is 9.18 Å². The van der Waals surface area contributed by atoms with Crippen molar-refractivity contribution in [2.75, 3.05) is 7.05 Å². The summed E-state index contributed by atoms with van der Waals surface area (Å²) < 4.78 is 14.8. The Morgan fingerprint density at radius 3 is 2.95 bits per heavy atom. The Bertz CT molecular complexity index is 611. The molecule has 0 aliphatic rings. The molecule has 0 aliphatic heterocycles. The molecule has 0 saturated carbocycles. The molecule has 0 spiro atoms. The van der Waals surface area contributed by atoms with E-state index < -0.39 is 0 Å². The van der Waals surface area contributed by atoms with Crippen LogP contribution in [0.4, 0.5) is 4.39 Å². The Morgan fingerprint density at radius 1 is 1.55 bits per heavy atom. The number of nitrogens with two attached hydrogens (primary N) is 1. The molecular formula is C14H17FN4O. The van der Waals surface area contributed by atoms with Gasteiger partial charge in [-0.2, -0.15) is 5.10 Å². The molecule has 1 aromatic heterocycles. The Kier molecular flexibility index (Phi) is 4.14. The average molecular weight is 276 g/mol. The Morgan fingerprint density at radius 2 is 2.30 bits per heavy atom. The highest BCUT2D eigenvalue weighted by atomic mass is 19.1. The van der Waals surface area contributed by atoms with E-state index in [1.807, 2.05) is 11.9 Å². The van der Waals surface area contributed by atoms with Gasteiger partial charge in [0.25, 0.3) is 0 Å². The van der Waals surface area contributed by atoms with Gasteiger partial charge in [-0.1, -0.05) is 6.07 Å². The summed E-state index contributed by atoms with van der Waals surface area (Å²) in [7, 11) is 1.81. The first-order valence-corrected chi connectivity index (χ1v) is 6.26. The minimum atomic E-state index is -0.370. The second kappa shape index (κ2) is 5.83. The number of halogens is 1. The second-order valence-corrected chi connectivity index (χ2v) is 4.77. The van der Waals surface area contributed by atoms with Crippen LogP contribution in [-0.2, 0) is 11.3 Å². The van der Waals surface area contributed by atoms with Crippen LogP contribution in [0.1, 0.15) is 12.5 Å². The summed E-state index contributed by atoms with van der Waals surface area (Å²) in [5, 5.41) is 4.19. The van der Waals surface area contributed by atoms with E-state index in [2.05, 4.69) is 5.10 Å². The molecule has 2 rings (SSSR count). The van der Waals surface area contributed by atoms with Crippen molar-refractivity contribution in [1.29, 1.82) is 0 Å². The van der Waals surface area contributed by atoms with Crippen LogP contribution in [0.25, 0.3) is 5.69 Å². The van der Waals surface area contributed by atoms with Crippen LogP contribution in [0.3, 0.4) is 0 Å². The number of amides is 1. The van der Waals surface area contributed by atoms with Crippen molar-refractivity contribution in [2.45, 2.75) is 19.5 Å². The molecule has 2 aromatic rings. The first-order valence-electron chi connectivity index (χ1n) is 6.26. The van der Waals surface area contributed by atoms with Crippen LogP contribution >= 0.6 is 0 Å². The summed E-state index contributed by atoms with van der Waals surface area (Å²) in [5.41, 5.74) is 6.84. The Labute approximate surface area is 116 Å². The lowest BCUT2D eigenvalue weighted by Gasteiger charge is -2.20. The number of carbonyl (C=O) groups excluding carboxylic acids is 1. The van der Waals surface area contributed by atoms with Gasteiger partial charge in [0.15, 0.2) is 0 Å². The van der Waals surface area contributed by atoms with E-state index in [-0.39, 0.29) is 17.8 Å². The summed E-state index contributed by atoms with van der Waals surface area (Å²) in [6.45, 7) is 2.29. The lowest BCUT2D eigenvalue weighted by molar-refractivity contribution is -0.122. The SMILES string of the molecule is C[C@H](C(N)=O)N(C)Cc1cnn(-c2cccc(F)c2)c1. The van der Waals surface area contributed by atoms with E-state index in [0.717, 1.165) is 5.56 Å². The summed E-state index contributed by atoms with van der Waals surface area (Å²) in [4.78, 5) is 12.9. The molecule has 0 aliphatic carbocycles. The largest absolute Gasteiger partial charge is 0.368 e. The summed E-state index contributed by atoms with van der Waals surface area (Å²) in [5.74, 6) is -0.677. The van der Waals surface area contributed by atoms with Gasteiger partial charge in [0.05, 0.1) is 17.9 Å². The van der Waals surface area contributed by atoms with Crippen LogP contribution < -0.4 is 5.73 Å². The van der Waals surface area contributed by atoms with Gasteiger partial charge in [-0.05, 0) is 32.2 Å². The molecule has 1 aromatic carbocycles. The second-order valence-electron chi connectivity index (χ2n) is 4.77. The van der Waals surface area contributed by atoms with Gasteiger partial charge in [-0.25, -0.2) is 9.07 Å². The lowest BCUT2D eigenvalue weighted by atomic mass is 10.2. The molecule has 0 bridgehead atoms. The normalized spacial score (nSPS) is 12.6. The number of rotatable bonds is 5. The van der Waals surface area contributed by atoms with Crippen molar-refractivity contribution in [3.05, 3.63) is 48.0 Å². The number of benzene rings is 1. The fraction of sp³-hybridized carbons (Fsp3) is 0.286. The van der Waals surface area contributed by atoms with Gasteiger partial charge in [0, 0.05) is 18.3 Å². The van der Waals surface area contributed by atoms with Crippen molar-refractivity contribution >= 4 is 5.91 Å². The molecule has 5 nitrogen and oxygen atoms in total. The van der Waals surface area contributed by atoms with E-state index in [1.165, 1.54) is 12.1 Å². The highest BCUT2D eigenvalue weighted by Crippen LogP contribution is 2.11. The maximum Gasteiger partial charge on any atom is 0.234 e. The molecule has 20 heavy (non-hydrogen) atoms. The minimum Gasteiger partial charge on any atom is -0.368 e. The predicted octanol–water partition coefficient (Wildman–Crippen LogP) is 1.32. The molecule has 0 unspecified atom stereocenters. The number of hydrogen-bond donors (Lipinski definition) is 1. The van der Waals surface area contributed by atoms with Crippen LogP contribution in [-0.4, -0.2) is 33.7 Å². The fourth-order valence-corrected chi connectivity index (χ4v) is 1.84. The molecule has 2 N–H and O–H groups in total. The smallest absolute Gasteiger partial charge is 0.234 e. The zero-order valence-electron chi connectivity index (χ0n) is 11.5. The first-order chi connectivity index (χ1) is 9.47. The van der Waals surface area contributed by atoms with E-state index in [1.54, 1.807) is 36.1 Å². The van der Waals surface area contributed by atoms with Crippen molar-refractivity contribution in [1.82, 2.24) is 14.7 Å². The van der Waals surface area contributed by atoms with Gasteiger partial charge in [-0.15, -0.1) is 0 Å².